The second-order valence-electron chi connectivity index (χ2n) is 6.91. The van der Waals surface area contributed by atoms with Gasteiger partial charge < -0.3 is 5.32 Å². The SMILES string of the molecule is N#CCc1ccc(NC(=O)CN(Cc2ccccc2)S(=O)(=O)c2cc(Cl)ccc2Cl)cc1. The normalized spacial score (nSPS) is 11.2. The summed E-state index contributed by atoms with van der Waals surface area (Å²) < 4.78 is 27.8. The van der Waals surface area contributed by atoms with E-state index in [0.717, 1.165) is 9.87 Å². The maximum atomic E-state index is 13.4. The highest BCUT2D eigenvalue weighted by Crippen LogP contribution is 2.28. The number of nitrogens with one attached hydrogen (secondary N) is 1. The number of sulfonamides is 1. The van der Waals surface area contributed by atoms with Gasteiger partial charge in [-0.3, -0.25) is 4.79 Å². The standard InChI is InChI=1S/C23H19Cl2N3O3S/c24-19-8-11-21(25)22(14-19)32(30,31)28(15-18-4-2-1-3-5-18)16-23(29)27-20-9-6-17(7-10-20)12-13-26/h1-11,14H,12,15-16H2,(H,27,29). The van der Waals surface area contributed by atoms with Crippen LogP contribution < -0.4 is 5.32 Å². The molecule has 3 aromatic rings. The molecule has 0 unspecified atom stereocenters. The molecular formula is C23H19Cl2N3O3S. The Kier molecular flexibility index (Phi) is 7.89. The maximum Gasteiger partial charge on any atom is 0.245 e. The summed E-state index contributed by atoms with van der Waals surface area (Å²) >= 11 is 12.1. The summed E-state index contributed by atoms with van der Waals surface area (Å²) in [6, 6.07) is 21.9. The predicted octanol–water partition coefficient (Wildman–Crippen LogP) is 4.89. The van der Waals surface area contributed by atoms with Crippen molar-refractivity contribution in [2.75, 3.05) is 11.9 Å². The van der Waals surface area contributed by atoms with E-state index in [9.17, 15) is 13.2 Å². The van der Waals surface area contributed by atoms with E-state index >= 15 is 0 Å². The Balaban J connectivity index is 1.86. The van der Waals surface area contributed by atoms with Crippen LogP contribution >= 0.6 is 23.2 Å². The molecule has 0 saturated heterocycles. The van der Waals surface area contributed by atoms with Gasteiger partial charge in [0.1, 0.15) is 4.90 Å². The molecule has 1 N–H and O–H groups in total. The highest BCUT2D eigenvalue weighted by atomic mass is 35.5. The summed E-state index contributed by atoms with van der Waals surface area (Å²) in [6.07, 6.45) is 0.262. The molecule has 164 valence electrons. The number of halogens is 2. The van der Waals surface area contributed by atoms with Crippen molar-refractivity contribution in [3.05, 3.63) is 94.0 Å². The van der Waals surface area contributed by atoms with Crippen molar-refractivity contribution >= 4 is 44.8 Å². The lowest BCUT2D eigenvalue weighted by Crippen LogP contribution is -2.37. The summed E-state index contributed by atoms with van der Waals surface area (Å²) in [6.45, 7) is -0.458. The van der Waals surface area contributed by atoms with Crippen LogP contribution in [0.3, 0.4) is 0 Å². The van der Waals surface area contributed by atoms with Crippen molar-refractivity contribution in [3.8, 4) is 6.07 Å². The number of amides is 1. The Labute approximate surface area is 197 Å². The summed E-state index contributed by atoms with van der Waals surface area (Å²) in [4.78, 5) is 12.6. The molecule has 0 bridgehead atoms. The number of anilines is 1. The summed E-state index contributed by atoms with van der Waals surface area (Å²) in [5.74, 6) is -0.518. The zero-order valence-corrected chi connectivity index (χ0v) is 19.2. The number of nitriles is 1. The number of benzene rings is 3. The van der Waals surface area contributed by atoms with Gasteiger partial charge in [-0.05, 0) is 41.5 Å². The highest BCUT2D eigenvalue weighted by Gasteiger charge is 2.29. The van der Waals surface area contributed by atoms with Gasteiger partial charge in [-0.15, -0.1) is 0 Å². The van der Waals surface area contributed by atoms with Crippen LogP contribution in [0.2, 0.25) is 10.0 Å². The van der Waals surface area contributed by atoms with Crippen molar-refractivity contribution in [1.82, 2.24) is 4.31 Å². The first-order valence-electron chi connectivity index (χ1n) is 9.54. The Morgan fingerprint density at radius 3 is 2.31 bits per heavy atom. The molecule has 0 aliphatic heterocycles. The summed E-state index contributed by atoms with van der Waals surface area (Å²) in [7, 11) is -4.13. The average Bonchev–Trinajstić information content (AvgIpc) is 2.77. The van der Waals surface area contributed by atoms with Crippen molar-refractivity contribution in [2.45, 2.75) is 17.9 Å². The molecule has 3 aromatic carbocycles. The topological polar surface area (TPSA) is 90.3 Å². The third-order valence-electron chi connectivity index (χ3n) is 4.55. The molecule has 0 fully saturated rings. The second-order valence-corrected chi connectivity index (χ2v) is 9.66. The van der Waals surface area contributed by atoms with Crippen LogP contribution in [0, 0.1) is 11.3 Å². The average molecular weight is 488 g/mol. The third kappa shape index (κ3) is 6.09. The summed E-state index contributed by atoms with van der Waals surface area (Å²) in [5, 5.41) is 11.7. The molecule has 6 nitrogen and oxygen atoms in total. The van der Waals surface area contributed by atoms with Gasteiger partial charge in [0.25, 0.3) is 0 Å². The zero-order chi connectivity index (χ0) is 23.1. The molecule has 0 aromatic heterocycles. The van der Waals surface area contributed by atoms with Gasteiger partial charge in [0.15, 0.2) is 0 Å². The number of carbonyl (C=O) groups excluding carboxylic acids is 1. The van der Waals surface area contributed by atoms with Crippen molar-refractivity contribution in [3.63, 3.8) is 0 Å². The van der Waals surface area contributed by atoms with Crippen LogP contribution in [-0.4, -0.2) is 25.2 Å². The monoisotopic (exact) mass is 487 g/mol. The number of carbonyl (C=O) groups is 1. The van der Waals surface area contributed by atoms with Gasteiger partial charge in [0.2, 0.25) is 15.9 Å². The van der Waals surface area contributed by atoms with Gasteiger partial charge in [-0.1, -0.05) is 65.7 Å². The molecular weight excluding hydrogens is 469 g/mol. The molecule has 3 rings (SSSR count). The lowest BCUT2D eigenvalue weighted by atomic mass is 10.1. The maximum absolute atomic E-state index is 13.4. The van der Waals surface area contributed by atoms with Crippen molar-refractivity contribution in [1.29, 1.82) is 5.26 Å². The Morgan fingerprint density at radius 2 is 1.66 bits per heavy atom. The van der Waals surface area contributed by atoms with Crippen LogP contribution in [0.4, 0.5) is 5.69 Å². The number of nitrogens with zero attached hydrogens (tertiary/aromatic N) is 2. The summed E-state index contributed by atoms with van der Waals surface area (Å²) in [5.41, 5.74) is 2.02. The molecule has 0 spiro atoms. The first-order valence-corrected chi connectivity index (χ1v) is 11.7. The fourth-order valence-electron chi connectivity index (χ4n) is 2.98. The van der Waals surface area contributed by atoms with Crippen LogP contribution in [0.5, 0.6) is 0 Å². The third-order valence-corrected chi connectivity index (χ3v) is 7.06. The molecule has 9 heteroatoms. The first-order chi connectivity index (χ1) is 15.3. The Bertz CT molecular complexity index is 1240. The fraction of sp³-hybridized carbons (Fsp3) is 0.130. The van der Waals surface area contributed by atoms with Gasteiger partial charge >= 0.3 is 0 Å². The van der Waals surface area contributed by atoms with E-state index in [0.29, 0.717) is 11.3 Å². The van der Waals surface area contributed by atoms with E-state index in [-0.39, 0.29) is 27.9 Å². The smallest absolute Gasteiger partial charge is 0.245 e. The van der Waals surface area contributed by atoms with Crippen LogP contribution in [0.1, 0.15) is 11.1 Å². The fourth-order valence-corrected chi connectivity index (χ4v) is 5.11. The van der Waals surface area contributed by atoms with E-state index in [1.54, 1.807) is 48.5 Å². The minimum Gasteiger partial charge on any atom is -0.325 e. The largest absolute Gasteiger partial charge is 0.325 e. The Hall–Kier alpha value is -2.89. The first kappa shape index (κ1) is 23.8. The number of rotatable bonds is 8. The minimum atomic E-state index is -4.13. The van der Waals surface area contributed by atoms with Crippen LogP contribution in [0.25, 0.3) is 0 Å². The molecule has 0 aliphatic carbocycles. The molecule has 1 amide bonds. The van der Waals surface area contributed by atoms with E-state index in [4.69, 9.17) is 28.5 Å². The van der Waals surface area contributed by atoms with Gasteiger partial charge in [-0.2, -0.15) is 9.57 Å². The molecule has 0 atom stereocenters. The van der Waals surface area contributed by atoms with Crippen molar-refractivity contribution < 1.29 is 13.2 Å². The predicted molar refractivity (Wildman–Crippen MR) is 125 cm³/mol. The number of hydrogen-bond donors (Lipinski definition) is 1. The van der Waals surface area contributed by atoms with Crippen molar-refractivity contribution in [2.24, 2.45) is 0 Å². The second kappa shape index (κ2) is 10.6. The lowest BCUT2D eigenvalue weighted by Gasteiger charge is -2.22. The Morgan fingerprint density at radius 1 is 0.969 bits per heavy atom. The minimum absolute atomic E-state index is 0.0148. The van der Waals surface area contributed by atoms with Gasteiger partial charge in [0.05, 0.1) is 24.1 Å². The van der Waals surface area contributed by atoms with Gasteiger partial charge in [0, 0.05) is 17.3 Å². The zero-order valence-electron chi connectivity index (χ0n) is 16.8. The highest BCUT2D eigenvalue weighted by molar-refractivity contribution is 7.89. The quantitative estimate of drug-likeness (QED) is 0.489. The van der Waals surface area contributed by atoms with Crippen LogP contribution in [0.15, 0.2) is 77.7 Å². The van der Waals surface area contributed by atoms with E-state index < -0.39 is 22.5 Å². The molecule has 0 heterocycles. The van der Waals surface area contributed by atoms with Crippen LogP contribution in [-0.2, 0) is 27.8 Å². The van der Waals surface area contributed by atoms with E-state index in [1.165, 1.54) is 18.2 Å². The molecule has 32 heavy (non-hydrogen) atoms. The lowest BCUT2D eigenvalue weighted by molar-refractivity contribution is -0.116. The number of hydrogen-bond acceptors (Lipinski definition) is 4. The van der Waals surface area contributed by atoms with E-state index in [1.807, 2.05) is 6.07 Å². The van der Waals surface area contributed by atoms with Gasteiger partial charge in [-0.25, -0.2) is 8.42 Å². The van der Waals surface area contributed by atoms with E-state index in [2.05, 4.69) is 11.4 Å². The molecule has 0 aliphatic rings. The molecule has 0 saturated carbocycles. The molecule has 0 radical (unpaired) electrons.